The standard InChI is InChI=1S/C24H26FN5O4S/c1-13-7-15(5-6-16(13)25)27-22(31)20-21-17(8-29(20)4)35-28-18-9-30(10-24(18,3)11-33-21)23(32)19-14(2)34-12-26-19/h5-8,12,18,28H,9-11H2,1-4H3,(H,27,31)/t18-,24-/m0/s1. The van der Waals surface area contributed by atoms with Crippen molar-refractivity contribution in [3.8, 4) is 5.75 Å². The highest BCUT2D eigenvalue weighted by Crippen LogP contribution is 2.41. The van der Waals surface area contributed by atoms with E-state index >= 15 is 0 Å². The Labute approximate surface area is 206 Å². The number of nitrogens with one attached hydrogen (secondary N) is 2. The number of anilines is 1. The summed E-state index contributed by atoms with van der Waals surface area (Å²) in [6.45, 7) is 6.69. The van der Waals surface area contributed by atoms with Gasteiger partial charge in [0.2, 0.25) is 0 Å². The summed E-state index contributed by atoms with van der Waals surface area (Å²) in [6, 6.07) is 4.40. The highest BCUT2D eigenvalue weighted by molar-refractivity contribution is 7.97. The van der Waals surface area contributed by atoms with Gasteiger partial charge >= 0.3 is 0 Å². The van der Waals surface area contributed by atoms with Gasteiger partial charge in [0.15, 0.2) is 23.5 Å². The molecule has 0 bridgehead atoms. The molecule has 2 aromatic heterocycles. The number of ether oxygens (including phenoxy) is 1. The maximum atomic E-state index is 13.6. The quantitative estimate of drug-likeness (QED) is 0.532. The molecule has 2 aliphatic heterocycles. The van der Waals surface area contributed by atoms with E-state index in [4.69, 9.17) is 9.15 Å². The van der Waals surface area contributed by atoms with Gasteiger partial charge in [-0.2, -0.15) is 0 Å². The number of rotatable bonds is 3. The van der Waals surface area contributed by atoms with E-state index < -0.39 is 5.41 Å². The van der Waals surface area contributed by atoms with Gasteiger partial charge in [0.05, 0.1) is 11.5 Å². The van der Waals surface area contributed by atoms with Crippen LogP contribution in [0.25, 0.3) is 0 Å². The monoisotopic (exact) mass is 499 g/mol. The number of aryl methyl sites for hydroxylation is 3. The van der Waals surface area contributed by atoms with Gasteiger partial charge in [0.25, 0.3) is 11.8 Å². The molecule has 0 saturated carbocycles. The van der Waals surface area contributed by atoms with Crippen molar-refractivity contribution < 1.29 is 23.1 Å². The van der Waals surface area contributed by atoms with Crippen molar-refractivity contribution in [2.45, 2.75) is 31.7 Å². The van der Waals surface area contributed by atoms with Crippen LogP contribution in [0.2, 0.25) is 0 Å². The number of nitrogens with zero attached hydrogens (tertiary/aromatic N) is 3. The molecule has 4 heterocycles. The van der Waals surface area contributed by atoms with Crippen LogP contribution in [0.5, 0.6) is 5.75 Å². The zero-order valence-electron chi connectivity index (χ0n) is 19.8. The highest BCUT2D eigenvalue weighted by Gasteiger charge is 2.47. The van der Waals surface area contributed by atoms with Gasteiger partial charge < -0.3 is 23.9 Å². The molecule has 0 radical (unpaired) electrons. The van der Waals surface area contributed by atoms with Crippen LogP contribution in [0.4, 0.5) is 10.1 Å². The summed E-state index contributed by atoms with van der Waals surface area (Å²) in [7, 11) is 1.78. The Morgan fingerprint density at radius 2 is 2.14 bits per heavy atom. The fourth-order valence-corrected chi connectivity index (χ4v) is 5.62. The van der Waals surface area contributed by atoms with Crippen LogP contribution in [-0.4, -0.2) is 52.0 Å². The lowest BCUT2D eigenvalue weighted by atomic mass is 9.87. The highest BCUT2D eigenvalue weighted by atomic mass is 32.2. The molecule has 0 unspecified atom stereocenters. The van der Waals surface area contributed by atoms with Crippen LogP contribution in [-0.2, 0) is 7.05 Å². The second kappa shape index (κ2) is 8.72. The lowest BCUT2D eigenvalue weighted by Crippen LogP contribution is -2.44. The number of carbonyl (C=O) groups excluding carboxylic acids is 2. The molecule has 2 atom stereocenters. The Hall–Kier alpha value is -3.31. The Morgan fingerprint density at radius 1 is 1.34 bits per heavy atom. The minimum Gasteiger partial charge on any atom is -0.489 e. The van der Waals surface area contributed by atoms with Crippen LogP contribution in [0.3, 0.4) is 0 Å². The summed E-state index contributed by atoms with van der Waals surface area (Å²) in [6.07, 6.45) is 3.11. The maximum absolute atomic E-state index is 13.6. The molecule has 11 heteroatoms. The summed E-state index contributed by atoms with van der Waals surface area (Å²) < 4.78 is 30.3. The topological polar surface area (TPSA) is 102 Å². The van der Waals surface area contributed by atoms with E-state index in [9.17, 15) is 14.0 Å². The van der Waals surface area contributed by atoms with E-state index in [1.807, 2.05) is 6.20 Å². The lowest BCUT2D eigenvalue weighted by molar-refractivity contribution is 0.0751. The van der Waals surface area contributed by atoms with Gasteiger partial charge in [-0.1, -0.05) is 6.92 Å². The molecule has 2 amide bonds. The zero-order valence-corrected chi connectivity index (χ0v) is 20.7. The van der Waals surface area contributed by atoms with Crippen LogP contribution < -0.4 is 14.8 Å². The third-order valence-corrected chi connectivity index (χ3v) is 7.53. The largest absolute Gasteiger partial charge is 0.489 e. The van der Waals surface area contributed by atoms with Gasteiger partial charge in [0, 0.05) is 43.5 Å². The molecule has 35 heavy (non-hydrogen) atoms. The van der Waals surface area contributed by atoms with E-state index in [2.05, 4.69) is 21.9 Å². The first kappa shape index (κ1) is 23.4. The number of fused-ring (bicyclic) bond motifs is 2. The molecule has 5 rings (SSSR count). The number of carbonyl (C=O) groups is 2. The van der Waals surface area contributed by atoms with Gasteiger partial charge in [0.1, 0.15) is 11.6 Å². The van der Waals surface area contributed by atoms with Gasteiger partial charge in [-0.25, -0.2) is 9.37 Å². The van der Waals surface area contributed by atoms with Crippen molar-refractivity contribution in [3.63, 3.8) is 0 Å². The normalized spacial score (nSPS) is 21.5. The summed E-state index contributed by atoms with van der Waals surface area (Å²) in [5.41, 5.74) is 1.23. The van der Waals surface area contributed by atoms with Gasteiger partial charge in [-0.3, -0.25) is 14.3 Å². The smallest absolute Gasteiger partial charge is 0.276 e. The summed E-state index contributed by atoms with van der Waals surface area (Å²) >= 11 is 1.38. The third kappa shape index (κ3) is 4.19. The molecular weight excluding hydrogens is 473 g/mol. The molecule has 0 spiro atoms. The number of hydrogen-bond acceptors (Lipinski definition) is 7. The molecule has 9 nitrogen and oxygen atoms in total. The lowest BCUT2D eigenvalue weighted by Gasteiger charge is -2.32. The molecule has 2 N–H and O–H groups in total. The number of likely N-dealkylation sites (tertiary alicyclic amines) is 1. The Bertz CT molecular complexity index is 1320. The predicted octanol–water partition coefficient (Wildman–Crippen LogP) is 3.54. The fourth-order valence-electron chi connectivity index (χ4n) is 4.53. The number of oxazole rings is 1. The second-order valence-corrected chi connectivity index (χ2v) is 10.2. The Morgan fingerprint density at radius 3 is 2.86 bits per heavy atom. The van der Waals surface area contributed by atoms with Crippen molar-refractivity contribution in [3.05, 3.63) is 59.3 Å². The molecule has 0 aliphatic carbocycles. The first-order valence-corrected chi connectivity index (χ1v) is 12.0. The number of hydrogen-bond donors (Lipinski definition) is 2. The molecule has 1 saturated heterocycles. The molecule has 1 aromatic carbocycles. The van der Waals surface area contributed by atoms with Crippen LogP contribution >= 0.6 is 11.9 Å². The Balaban J connectivity index is 1.36. The van der Waals surface area contributed by atoms with E-state index in [0.717, 1.165) is 4.90 Å². The van der Waals surface area contributed by atoms with E-state index in [-0.39, 0.29) is 23.7 Å². The van der Waals surface area contributed by atoms with Gasteiger partial charge in [-0.15, -0.1) is 0 Å². The summed E-state index contributed by atoms with van der Waals surface area (Å²) in [5.74, 6) is 0.0980. The number of amides is 2. The molecule has 3 aromatic rings. The van der Waals surface area contributed by atoms with Crippen LogP contribution in [0.15, 0.2) is 40.1 Å². The number of aromatic nitrogens is 2. The fraction of sp³-hybridized carbons (Fsp3) is 0.375. The van der Waals surface area contributed by atoms with Crippen molar-refractivity contribution >= 4 is 29.4 Å². The average Bonchev–Trinajstić information content (AvgIpc) is 3.47. The van der Waals surface area contributed by atoms with Crippen molar-refractivity contribution in [1.29, 1.82) is 0 Å². The number of halogens is 1. The molecule has 184 valence electrons. The SMILES string of the molecule is Cc1cc(NC(=O)c2c3c(cn2C)SN[C@H]2CN(C(=O)c4ncoc4C)C[C@@]2(C)CO3)ccc1F. The maximum Gasteiger partial charge on any atom is 0.276 e. The zero-order chi connectivity index (χ0) is 24.9. The summed E-state index contributed by atoms with van der Waals surface area (Å²) in [4.78, 5) is 32.8. The average molecular weight is 500 g/mol. The third-order valence-electron chi connectivity index (χ3n) is 6.62. The van der Waals surface area contributed by atoms with Crippen LogP contribution in [0.1, 0.15) is 39.2 Å². The molecule has 1 fully saturated rings. The Kier molecular flexibility index (Phi) is 5.84. The van der Waals surface area contributed by atoms with Crippen LogP contribution in [0, 0.1) is 25.1 Å². The van der Waals surface area contributed by atoms with Crippen molar-refractivity contribution in [2.24, 2.45) is 12.5 Å². The second-order valence-electron chi connectivity index (χ2n) is 9.36. The number of benzene rings is 1. The summed E-state index contributed by atoms with van der Waals surface area (Å²) in [5, 5.41) is 2.83. The van der Waals surface area contributed by atoms with Crippen molar-refractivity contribution in [1.82, 2.24) is 19.2 Å². The minimum absolute atomic E-state index is 0.0310. The van der Waals surface area contributed by atoms with E-state index in [1.165, 1.54) is 30.5 Å². The molecule has 2 aliphatic rings. The first-order valence-electron chi connectivity index (χ1n) is 11.2. The van der Waals surface area contributed by atoms with E-state index in [0.29, 0.717) is 53.8 Å². The van der Waals surface area contributed by atoms with E-state index in [1.54, 1.807) is 36.4 Å². The van der Waals surface area contributed by atoms with Crippen molar-refractivity contribution in [2.75, 3.05) is 25.0 Å². The van der Waals surface area contributed by atoms with Gasteiger partial charge in [-0.05, 0) is 49.6 Å². The minimum atomic E-state index is -0.393. The predicted molar refractivity (Wildman–Crippen MR) is 128 cm³/mol. The first-order chi connectivity index (χ1) is 16.7. The molecular formula is C24H26FN5O4S.